The number of sulfonamides is 1. The van der Waals surface area contributed by atoms with Gasteiger partial charge in [-0.05, 0) is 43.4 Å². The first-order chi connectivity index (χ1) is 9.74. The average Bonchev–Trinajstić information content (AvgIpc) is 3.09. The fourth-order valence-corrected chi connectivity index (χ4v) is 3.57. The lowest BCUT2D eigenvalue weighted by atomic mass is 10.1. The Morgan fingerprint density at radius 1 is 1.48 bits per heavy atom. The highest BCUT2D eigenvalue weighted by atomic mass is 35.5. The second-order valence-electron chi connectivity index (χ2n) is 5.51. The van der Waals surface area contributed by atoms with Gasteiger partial charge in [-0.25, -0.2) is 13.6 Å². The third-order valence-electron chi connectivity index (χ3n) is 3.69. The minimum atomic E-state index is -3.96. The number of carbonyl (C=O) groups excluding carboxylic acids is 1. The van der Waals surface area contributed by atoms with Gasteiger partial charge in [0.15, 0.2) is 0 Å². The molecule has 2 rings (SSSR count). The normalized spacial score (nSPS) is 21.1. The zero-order valence-electron chi connectivity index (χ0n) is 12.0. The van der Waals surface area contributed by atoms with Crippen molar-refractivity contribution in [2.45, 2.75) is 44.0 Å². The molecule has 1 aromatic carbocycles. The maximum absolute atomic E-state index is 12.2. The van der Waals surface area contributed by atoms with Crippen molar-refractivity contribution in [1.82, 2.24) is 5.32 Å². The van der Waals surface area contributed by atoms with Crippen LogP contribution in [0.3, 0.4) is 0 Å². The maximum Gasteiger partial charge on any atom is 0.251 e. The molecule has 2 atom stereocenters. The van der Waals surface area contributed by atoms with E-state index in [9.17, 15) is 13.2 Å². The summed E-state index contributed by atoms with van der Waals surface area (Å²) in [5.41, 5.74) is 0.775. The van der Waals surface area contributed by atoms with Crippen LogP contribution in [0.4, 0.5) is 0 Å². The molecule has 116 valence electrons. The van der Waals surface area contributed by atoms with E-state index in [-0.39, 0.29) is 27.4 Å². The van der Waals surface area contributed by atoms with Crippen molar-refractivity contribution in [1.29, 1.82) is 0 Å². The van der Waals surface area contributed by atoms with E-state index >= 15 is 0 Å². The molecule has 1 saturated carbocycles. The maximum atomic E-state index is 12.2. The number of rotatable bonds is 5. The Balaban J connectivity index is 2.21. The molecule has 0 spiro atoms. The number of nitrogens with two attached hydrogens (primary N) is 1. The van der Waals surface area contributed by atoms with E-state index in [1.165, 1.54) is 6.07 Å². The summed E-state index contributed by atoms with van der Waals surface area (Å²) in [6.07, 6.45) is 3.16. The first-order valence-corrected chi connectivity index (χ1v) is 8.80. The highest BCUT2D eigenvalue weighted by Gasteiger charge is 2.37. The van der Waals surface area contributed by atoms with E-state index in [0.717, 1.165) is 19.3 Å². The summed E-state index contributed by atoms with van der Waals surface area (Å²) < 4.78 is 23.0. The third kappa shape index (κ3) is 3.75. The molecule has 0 bridgehead atoms. The molecular formula is C14H19ClN2O3S. The van der Waals surface area contributed by atoms with Crippen molar-refractivity contribution >= 4 is 27.5 Å². The van der Waals surface area contributed by atoms with Crippen molar-refractivity contribution < 1.29 is 13.2 Å². The van der Waals surface area contributed by atoms with Gasteiger partial charge in [-0.2, -0.15) is 0 Å². The van der Waals surface area contributed by atoms with Crippen LogP contribution < -0.4 is 10.5 Å². The smallest absolute Gasteiger partial charge is 0.251 e. The van der Waals surface area contributed by atoms with E-state index in [4.69, 9.17) is 16.7 Å². The lowest BCUT2D eigenvalue weighted by molar-refractivity contribution is 0.0948. The minimum absolute atomic E-state index is 0.0596. The fraction of sp³-hybridized carbons (Fsp3) is 0.500. The molecule has 3 N–H and O–H groups in total. The Kier molecular flexibility index (Phi) is 4.60. The Hall–Kier alpha value is -1.11. The van der Waals surface area contributed by atoms with Crippen LogP contribution in [0.25, 0.3) is 0 Å². The standard InChI is InChI=1S/C14H19ClN2O3S/c1-3-4-9-6-11(9)17-14(18)10-5-8(2)13(15)12(7-10)21(16,19)20/h5,7,9,11H,3-4,6H2,1-2H3,(H,17,18)(H2,16,19,20). The zero-order chi connectivity index (χ0) is 15.8. The quantitative estimate of drug-likeness (QED) is 0.867. The van der Waals surface area contributed by atoms with E-state index in [1.807, 2.05) is 0 Å². The summed E-state index contributed by atoms with van der Waals surface area (Å²) >= 11 is 5.95. The lowest BCUT2D eigenvalue weighted by Gasteiger charge is -2.10. The summed E-state index contributed by atoms with van der Waals surface area (Å²) in [5, 5.41) is 8.10. The number of aryl methyl sites for hydroxylation is 1. The third-order valence-corrected chi connectivity index (χ3v) is 5.24. The van der Waals surface area contributed by atoms with Crippen molar-refractivity contribution in [3.05, 3.63) is 28.3 Å². The van der Waals surface area contributed by atoms with E-state index in [1.54, 1.807) is 13.0 Å². The number of amides is 1. The Bertz CT molecular complexity index is 673. The van der Waals surface area contributed by atoms with Gasteiger partial charge < -0.3 is 5.32 Å². The summed E-state index contributed by atoms with van der Waals surface area (Å²) in [6, 6.07) is 2.99. The van der Waals surface area contributed by atoms with Crippen LogP contribution in [-0.4, -0.2) is 20.4 Å². The van der Waals surface area contributed by atoms with E-state index < -0.39 is 10.0 Å². The van der Waals surface area contributed by atoms with Crippen LogP contribution in [0.2, 0.25) is 5.02 Å². The predicted molar refractivity (Wildman–Crippen MR) is 81.8 cm³/mol. The number of hydrogen-bond donors (Lipinski definition) is 2. The predicted octanol–water partition coefficient (Wildman–Crippen LogP) is 2.21. The molecule has 1 amide bonds. The summed E-state index contributed by atoms with van der Waals surface area (Å²) in [4.78, 5) is 12.0. The molecule has 21 heavy (non-hydrogen) atoms. The van der Waals surface area contributed by atoms with Crippen LogP contribution in [0.1, 0.15) is 42.1 Å². The monoisotopic (exact) mass is 330 g/mol. The molecule has 0 saturated heterocycles. The summed E-state index contributed by atoms with van der Waals surface area (Å²) in [7, 11) is -3.96. The van der Waals surface area contributed by atoms with Crippen molar-refractivity contribution in [3.63, 3.8) is 0 Å². The van der Waals surface area contributed by atoms with E-state index in [2.05, 4.69) is 12.2 Å². The van der Waals surface area contributed by atoms with Gasteiger partial charge in [-0.1, -0.05) is 24.9 Å². The molecule has 1 aliphatic carbocycles. The minimum Gasteiger partial charge on any atom is -0.349 e. The van der Waals surface area contributed by atoms with Crippen LogP contribution in [0.15, 0.2) is 17.0 Å². The molecular weight excluding hydrogens is 312 g/mol. The fourth-order valence-electron chi connectivity index (χ4n) is 2.44. The Labute approximate surface area is 129 Å². The molecule has 0 radical (unpaired) electrons. The topological polar surface area (TPSA) is 89.3 Å². The molecule has 7 heteroatoms. The number of carbonyl (C=O) groups is 1. The molecule has 1 aliphatic rings. The van der Waals surface area contributed by atoms with Crippen molar-refractivity contribution in [2.75, 3.05) is 0 Å². The second kappa shape index (κ2) is 5.94. The molecule has 0 aromatic heterocycles. The SMILES string of the molecule is CCCC1CC1NC(=O)c1cc(C)c(Cl)c(S(N)(=O)=O)c1. The van der Waals surface area contributed by atoms with Gasteiger partial charge in [0.1, 0.15) is 4.90 Å². The summed E-state index contributed by atoms with van der Waals surface area (Å²) in [6.45, 7) is 3.75. The highest BCUT2D eigenvalue weighted by Crippen LogP contribution is 2.35. The van der Waals surface area contributed by atoms with Gasteiger partial charge in [-0.3, -0.25) is 4.79 Å². The summed E-state index contributed by atoms with van der Waals surface area (Å²) in [5.74, 6) is 0.244. The molecule has 1 aromatic rings. The molecule has 1 fully saturated rings. The van der Waals surface area contributed by atoms with Gasteiger partial charge in [0.2, 0.25) is 10.0 Å². The first kappa shape index (κ1) is 16.3. The van der Waals surface area contributed by atoms with Crippen LogP contribution >= 0.6 is 11.6 Å². The van der Waals surface area contributed by atoms with Gasteiger partial charge in [0.25, 0.3) is 5.91 Å². The molecule has 5 nitrogen and oxygen atoms in total. The number of nitrogens with one attached hydrogen (secondary N) is 1. The van der Waals surface area contributed by atoms with Crippen molar-refractivity contribution in [2.24, 2.45) is 11.1 Å². The number of halogens is 1. The number of benzene rings is 1. The Morgan fingerprint density at radius 3 is 2.71 bits per heavy atom. The van der Waals surface area contributed by atoms with E-state index in [0.29, 0.717) is 11.5 Å². The lowest BCUT2D eigenvalue weighted by Crippen LogP contribution is -2.27. The largest absolute Gasteiger partial charge is 0.349 e. The number of hydrogen-bond acceptors (Lipinski definition) is 3. The first-order valence-electron chi connectivity index (χ1n) is 6.87. The van der Waals surface area contributed by atoms with Gasteiger partial charge in [0.05, 0.1) is 5.02 Å². The van der Waals surface area contributed by atoms with Crippen molar-refractivity contribution in [3.8, 4) is 0 Å². The molecule has 2 unspecified atom stereocenters. The molecule has 0 heterocycles. The number of primary sulfonamides is 1. The van der Waals surface area contributed by atoms with Gasteiger partial charge in [-0.15, -0.1) is 0 Å². The second-order valence-corrected chi connectivity index (χ2v) is 7.42. The Morgan fingerprint density at radius 2 is 2.14 bits per heavy atom. The molecule has 0 aliphatic heterocycles. The van der Waals surface area contributed by atoms with Gasteiger partial charge in [0, 0.05) is 11.6 Å². The highest BCUT2D eigenvalue weighted by molar-refractivity contribution is 7.89. The average molecular weight is 331 g/mol. The van der Waals surface area contributed by atoms with Crippen LogP contribution in [-0.2, 0) is 10.0 Å². The van der Waals surface area contributed by atoms with Crippen LogP contribution in [0, 0.1) is 12.8 Å². The van der Waals surface area contributed by atoms with Crippen LogP contribution in [0.5, 0.6) is 0 Å². The van der Waals surface area contributed by atoms with Gasteiger partial charge >= 0.3 is 0 Å². The zero-order valence-corrected chi connectivity index (χ0v) is 13.6.